The van der Waals surface area contributed by atoms with Crippen LogP contribution in [0.15, 0.2) is 36.4 Å². The molecule has 0 aliphatic rings. The van der Waals surface area contributed by atoms with Gasteiger partial charge in [0.2, 0.25) is 0 Å². The van der Waals surface area contributed by atoms with Gasteiger partial charge in [0.1, 0.15) is 18.2 Å². The lowest BCUT2D eigenvalue weighted by Gasteiger charge is -2.13. The van der Waals surface area contributed by atoms with Crippen LogP contribution in [0.5, 0.6) is 5.75 Å². The van der Waals surface area contributed by atoms with Gasteiger partial charge in [0.05, 0.1) is 6.54 Å². The van der Waals surface area contributed by atoms with Crippen LogP contribution in [0.1, 0.15) is 22.3 Å². The number of rotatable bonds is 3. The molecule has 0 amide bonds. The first kappa shape index (κ1) is 15.1. The Morgan fingerprint density at radius 3 is 2.52 bits per heavy atom. The standard InChI is InChI=1S/C18H18FNO/c1-13-5-3-6-14(2)18(13)21-12-16-8-9-17(19)11-15(16)7-4-10-20/h3,5-6,8-9,11H,10,12,20H2,1-2H3. The van der Waals surface area contributed by atoms with Gasteiger partial charge < -0.3 is 10.5 Å². The number of para-hydroxylation sites is 1. The molecule has 21 heavy (non-hydrogen) atoms. The van der Waals surface area contributed by atoms with Crippen molar-refractivity contribution in [3.05, 3.63) is 64.5 Å². The van der Waals surface area contributed by atoms with Crippen LogP contribution >= 0.6 is 0 Å². The van der Waals surface area contributed by atoms with Crippen LogP contribution in [0.3, 0.4) is 0 Å². The normalized spacial score (nSPS) is 9.90. The third-order valence-electron chi connectivity index (χ3n) is 3.18. The molecule has 2 aromatic rings. The summed E-state index contributed by atoms with van der Waals surface area (Å²) < 4.78 is 19.2. The largest absolute Gasteiger partial charge is 0.488 e. The molecule has 0 bridgehead atoms. The maximum atomic E-state index is 13.3. The Labute approximate surface area is 124 Å². The summed E-state index contributed by atoms with van der Waals surface area (Å²) >= 11 is 0. The number of ether oxygens (including phenoxy) is 1. The first-order chi connectivity index (χ1) is 10.1. The Morgan fingerprint density at radius 1 is 1.14 bits per heavy atom. The van der Waals surface area contributed by atoms with E-state index in [2.05, 4.69) is 11.8 Å². The van der Waals surface area contributed by atoms with Crippen LogP contribution in [0.2, 0.25) is 0 Å². The predicted octanol–water partition coefficient (Wildman–Crippen LogP) is 3.33. The molecule has 2 aromatic carbocycles. The van der Waals surface area contributed by atoms with E-state index in [0.29, 0.717) is 12.2 Å². The van der Waals surface area contributed by atoms with E-state index in [1.807, 2.05) is 32.0 Å². The van der Waals surface area contributed by atoms with Crippen LogP contribution in [0, 0.1) is 31.5 Å². The molecular formula is C18H18FNO. The molecule has 0 aliphatic heterocycles. The van der Waals surface area contributed by atoms with Gasteiger partial charge in [0.15, 0.2) is 0 Å². The van der Waals surface area contributed by atoms with Crippen molar-refractivity contribution in [2.45, 2.75) is 20.5 Å². The Balaban J connectivity index is 2.24. The number of halogens is 1. The zero-order valence-electron chi connectivity index (χ0n) is 12.2. The lowest BCUT2D eigenvalue weighted by atomic mass is 10.1. The van der Waals surface area contributed by atoms with Crippen LogP contribution in [-0.2, 0) is 6.61 Å². The summed E-state index contributed by atoms with van der Waals surface area (Å²) in [6.45, 7) is 4.60. The lowest BCUT2D eigenvalue weighted by Crippen LogP contribution is -2.02. The lowest BCUT2D eigenvalue weighted by molar-refractivity contribution is 0.301. The van der Waals surface area contributed by atoms with Gasteiger partial charge in [0, 0.05) is 11.1 Å². The van der Waals surface area contributed by atoms with E-state index in [1.54, 1.807) is 6.07 Å². The summed E-state index contributed by atoms with van der Waals surface area (Å²) in [4.78, 5) is 0. The molecule has 2 nitrogen and oxygen atoms in total. The van der Waals surface area contributed by atoms with Gasteiger partial charge in [-0.3, -0.25) is 0 Å². The van der Waals surface area contributed by atoms with Crippen molar-refractivity contribution in [1.82, 2.24) is 0 Å². The van der Waals surface area contributed by atoms with Gasteiger partial charge in [-0.15, -0.1) is 0 Å². The molecule has 3 heteroatoms. The highest BCUT2D eigenvalue weighted by molar-refractivity contribution is 5.43. The first-order valence-electron chi connectivity index (χ1n) is 6.78. The van der Waals surface area contributed by atoms with E-state index < -0.39 is 0 Å². The Morgan fingerprint density at radius 2 is 1.86 bits per heavy atom. The second-order valence-electron chi connectivity index (χ2n) is 4.82. The average molecular weight is 283 g/mol. The number of aryl methyl sites for hydroxylation is 2. The highest BCUT2D eigenvalue weighted by atomic mass is 19.1. The molecular weight excluding hydrogens is 265 g/mol. The fourth-order valence-electron chi connectivity index (χ4n) is 2.11. The molecule has 0 saturated heterocycles. The maximum absolute atomic E-state index is 13.3. The monoisotopic (exact) mass is 283 g/mol. The fraction of sp³-hybridized carbons (Fsp3) is 0.222. The van der Waals surface area contributed by atoms with Gasteiger partial charge in [-0.1, -0.05) is 36.1 Å². The highest BCUT2D eigenvalue weighted by Gasteiger charge is 2.07. The van der Waals surface area contributed by atoms with E-state index in [9.17, 15) is 4.39 Å². The smallest absolute Gasteiger partial charge is 0.125 e. The second-order valence-corrected chi connectivity index (χ2v) is 4.82. The van der Waals surface area contributed by atoms with Gasteiger partial charge in [0.25, 0.3) is 0 Å². The second kappa shape index (κ2) is 6.92. The number of benzene rings is 2. The van der Waals surface area contributed by atoms with Gasteiger partial charge in [-0.05, 0) is 37.1 Å². The molecule has 0 aromatic heterocycles. The summed E-state index contributed by atoms with van der Waals surface area (Å²) in [5.74, 6) is 6.18. The third kappa shape index (κ3) is 3.84. The first-order valence-corrected chi connectivity index (χ1v) is 6.78. The number of nitrogens with two attached hydrogens (primary N) is 1. The zero-order valence-corrected chi connectivity index (χ0v) is 12.2. The van der Waals surface area contributed by atoms with Crippen molar-refractivity contribution in [3.8, 4) is 17.6 Å². The van der Waals surface area contributed by atoms with Crippen molar-refractivity contribution < 1.29 is 9.13 Å². The van der Waals surface area contributed by atoms with Crippen LogP contribution in [0.25, 0.3) is 0 Å². The summed E-state index contributed by atoms with van der Waals surface area (Å²) in [6.07, 6.45) is 0. The Hall–Kier alpha value is -2.31. The number of hydrogen-bond acceptors (Lipinski definition) is 2. The molecule has 0 aliphatic carbocycles. The molecule has 2 rings (SSSR count). The molecule has 0 unspecified atom stereocenters. The van der Waals surface area contributed by atoms with Gasteiger partial charge in [-0.2, -0.15) is 0 Å². The van der Waals surface area contributed by atoms with Crippen LogP contribution in [-0.4, -0.2) is 6.54 Å². The van der Waals surface area contributed by atoms with E-state index >= 15 is 0 Å². The molecule has 0 heterocycles. The minimum Gasteiger partial charge on any atom is -0.488 e. The maximum Gasteiger partial charge on any atom is 0.125 e. The van der Waals surface area contributed by atoms with Crippen molar-refractivity contribution in [3.63, 3.8) is 0 Å². The minimum atomic E-state index is -0.313. The van der Waals surface area contributed by atoms with Gasteiger partial charge in [-0.25, -0.2) is 4.39 Å². The average Bonchev–Trinajstić information content (AvgIpc) is 2.46. The van der Waals surface area contributed by atoms with Crippen LogP contribution in [0.4, 0.5) is 4.39 Å². The summed E-state index contributed by atoms with van der Waals surface area (Å²) in [5, 5.41) is 0. The topological polar surface area (TPSA) is 35.2 Å². The van der Waals surface area contributed by atoms with E-state index in [0.717, 1.165) is 22.4 Å². The molecule has 108 valence electrons. The quantitative estimate of drug-likeness (QED) is 0.877. The van der Waals surface area contributed by atoms with Gasteiger partial charge >= 0.3 is 0 Å². The molecule has 0 saturated carbocycles. The zero-order chi connectivity index (χ0) is 15.2. The van der Waals surface area contributed by atoms with E-state index in [-0.39, 0.29) is 12.4 Å². The summed E-state index contributed by atoms with van der Waals surface area (Å²) in [7, 11) is 0. The summed E-state index contributed by atoms with van der Waals surface area (Å²) in [5.41, 5.74) is 8.99. The predicted molar refractivity (Wildman–Crippen MR) is 82.6 cm³/mol. The third-order valence-corrected chi connectivity index (χ3v) is 3.18. The van der Waals surface area contributed by atoms with Crippen molar-refractivity contribution in [2.75, 3.05) is 6.54 Å². The SMILES string of the molecule is Cc1cccc(C)c1OCc1ccc(F)cc1C#CCN. The van der Waals surface area contributed by atoms with E-state index in [4.69, 9.17) is 10.5 Å². The Kier molecular flexibility index (Phi) is 4.97. The molecule has 0 spiro atoms. The number of hydrogen-bond donors (Lipinski definition) is 1. The fourth-order valence-corrected chi connectivity index (χ4v) is 2.11. The van der Waals surface area contributed by atoms with Crippen LogP contribution < -0.4 is 10.5 Å². The molecule has 2 N–H and O–H groups in total. The van der Waals surface area contributed by atoms with Crippen molar-refractivity contribution >= 4 is 0 Å². The summed E-state index contributed by atoms with van der Waals surface area (Å²) in [6, 6.07) is 10.5. The molecule has 0 radical (unpaired) electrons. The van der Waals surface area contributed by atoms with Crippen molar-refractivity contribution in [1.29, 1.82) is 0 Å². The minimum absolute atomic E-state index is 0.244. The molecule has 0 fully saturated rings. The Bertz CT molecular complexity index is 678. The molecule has 0 atom stereocenters. The van der Waals surface area contributed by atoms with Crippen molar-refractivity contribution in [2.24, 2.45) is 5.73 Å². The van der Waals surface area contributed by atoms with E-state index in [1.165, 1.54) is 12.1 Å². The highest BCUT2D eigenvalue weighted by Crippen LogP contribution is 2.24.